The van der Waals surface area contributed by atoms with Crippen LogP contribution < -0.4 is 15.6 Å². The summed E-state index contributed by atoms with van der Waals surface area (Å²) in [7, 11) is 0. The molecule has 40 heavy (non-hydrogen) atoms. The van der Waals surface area contributed by atoms with Crippen molar-refractivity contribution in [2.75, 3.05) is 38.1 Å². The van der Waals surface area contributed by atoms with E-state index in [1.54, 1.807) is 24.5 Å². The summed E-state index contributed by atoms with van der Waals surface area (Å²) in [6, 6.07) is 11.6. The summed E-state index contributed by atoms with van der Waals surface area (Å²) in [6.07, 6.45) is 8.94. The van der Waals surface area contributed by atoms with E-state index in [4.69, 9.17) is 4.74 Å². The summed E-state index contributed by atoms with van der Waals surface area (Å²) < 4.78 is 23.1. The van der Waals surface area contributed by atoms with Crippen molar-refractivity contribution in [2.45, 2.75) is 32.7 Å². The molecule has 5 aromatic rings. The molecule has 1 saturated heterocycles. The van der Waals surface area contributed by atoms with Gasteiger partial charge < -0.3 is 15.0 Å². The Morgan fingerprint density at radius 2 is 1.93 bits per heavy atom. The van der Waals surface area contributed by atoms with Crippen LogP contribution in [0.2, 0.25) is 0 Å². The standard InChI is InChI=1S/C30H32FN7O2/c1-21-20-37(27-17-22(31)5-6-24(21)27)28-7-8-29(39)38(35-28)15-11-33-25-9-10-32-26-18-23(19-34-30(25)26)40-16-4-14-36-12-2-3-13-36/h5-10,17-20H,2-4,11-16H2,1H3,(H,32,33). The second-order valence-electron chi connectivity index (χ2n) is 10.2. The minimum absolute atomic E-state index is 0.214. The lowest BCUT2D eigenvalue weighted by Gasteiger charge is -2.14. The molecule has 0 unspecified atom stereocenters. The van der Waals surface area contributed by atoms with Gasteiger partial charge in [0, 0.05) is 43.0 Å². The number of nitrogens with zero attached hydrogens (tertiary/aromatic N) is 6. The summed E-state index contributed by atoms with van der Waals surface area (Å²) in [6.45, 7) is 6.85. The Balaban J connectivity index is 1.12. The molecule has 0 aliphatic carbocycles. The highest BCUT2D eigenvalue weighted by Crippen LogP contribution is 2.25. The summed E-state index contributed by atoms with van der Waals surface area (Å²) in [5.74, 6) is 0.935. The zero-order valence-electron chi connectivity index (χ0n) is 22.5. The van der Waals surface area contributed by atoms with E-state index >= 15 is 0 Å². The molecule has 5 heterocycles. The SMILES string of the molecule is Cc1cn(-c2ccc(=O)n(CCNc3ccnc4cc(OCCCN5CCCC5)cnc34)n2)c2cc(F)ccc12. The van der Waals surface area contributed by atoms with E-state index in [0.717, 1.165) is 40.6 Å². The number of aryl methyl sites for hydroxylation is 1. The third kappa shape index (κ3) is 5.53. The van der Waals surface area contributed by atoms with Gasteiger partial charge in [-0.2, -0.15) is 5.10 Å². The fourth-order valence-electron chi connectivity index (χ4n) is 5.30. The first-order chi connectivity index (χ1) is 19.5. The number of ether oxygens (including phenoxy) is 1. The molecule has 0 atom stereocenters. The second kappa shape index (κ2) is 11.4. The van der Waals surface area contributed by atoms with Crippen LogP contribution in [-0.4, -0.2) is 62.0 Å². The molecular formula is C30H32FN7O2. The summed E-state index contributed by atoms with van der Waals surface area (Å²) in [4.78, 5) is 24.1. The third-order valence-electron chi connectivity index (χ3n) is 7.34. The Hall–Kier alpha value is -4.31. The van der Waals surface area contributed by atoms with Gasteiger partial charge in [0.1, 0.15) is 17.1 Å². The van der Waals surface area contributed by atoms with Crippen LogP contribution >= 0.6 is 0 Å². The first-order valence-corrected chi connectivity index (χ1v) is 13.7. The molecule has 0 saturated carbocycles. The highest BCUT2D eigenvalue weighted by Gasteiger charge is 2.12. The topological polar surface area (TPSA) is 90.1 Å². The van der Waals surface area contributed by atoms with Crippen molar-refractivity contribution in [2.24, 2.45) is 0 Å². The van der Waals surface area contributed by atoms with Crippen LogP contribution in [0.25, 0.3) is 27.8 Å². The molecule has 10 heteroatoms. The molecule has 1 fully saturated rings. The number of rotatable bonds is 10. The quantitative estimate of drug-likeness (QED) is 0.259. The number of likely N-dealkylation sites (tertiary alicyclic amines) is 1. The maximum Gasteiger partial charge on any atom is 0.266 e. The molecule has 1 aliphatic rings. The number of hydrogen-bond donors (Lipinski definition) is 1. The van der Waals surface area contributed by atoms with Crippen molar-refractivity contribution in [3.8, 4) is 11.6 Å². The van der Waals surface area contributed by atoms with Crippen molar-refractivity contribution in [1.82, 2.24) is 29.2 Å². The molecule has 0 radical (unpaired) electrons. The molecule has 206 valence electrons. The monoisotopic (exact) mass is 541 g/mol. The number of nitrogens with one attached hydrogen (secondary N) is 1. The molecule has 1 aliphatic heterocycles. The molecule has 1 aromatic carbocycles. The van der Waals surface area contributed by atoms with Crippen LogP contribution in [0.15, 0.2) is 65.8 Å². The van der Waals surface area contributed by atoms with Gasteiger partial charge in [0.15, 0.2) is 5.82 Å². The van der Waals surface area contributed by atoms with Gasteiger partial charge in [0.2, 0.25) is 0 Å². The Morgan fingerprint density at radius 1 is 1.05 bits per heavy atom. The number of anilines is 1. The minimum atomic E-state index is -0.321. The van der Waals surface area contributed by atoms with Crippen LogP contribution in [0.4, 0.5) is 10.1 Å². The van der Waals surface area contributed by atoms with E-state index in [9.17, 15) is 9.18 Å². The zero-order chi connectivity index (χ0) is 27.5. The summed E-state index contributed by atoms with van der Waals surface area (Å²) in [5.41, 5.74) is 3.78. The van der Waals surface area contributed by atoms with Gasteiger partial charge in [0.05, 0.1) is 36.1 Å². The Labute approximate surface area is 231 Å². The fraction of sp³-hybridized carbons (Fsp3) is 0.333. The lowest BCUT2D eigenvalue weighted by Crippen LogP contribution is -2.26. The first kappa shape index (κ1) is 25.9. The average molecular weight is 542 g/mol. The molecule has 4 aromatic heterocycles. The smallest absolute Gasteiger partial charge is 0.266 e. The van der Waals surface area contributed by atoms with Gasteiger partial charge in [0.25, 0.3) is 5.56 Å². The maximum absolute atomic E-state index is 14.0. The normalized spacial score (nSPS) is 13.8. The Morgan fingerprint density at radius 3 is 2.80 bits per heavy atom. The lowest BCUT2D eigenvalue weighted by atomic mass is 10.2. The Bertz CT molecular complexity index is 1710. The number of halogens is 1. The number of fused-ring (bicyclic) bond motifs is 2. The van der Waals surface area contributed by atoms with Gasteiger partial charge in [-0.3, -0.25) is 14.3 Å². The van der Waals surface area contributed by atoms with E-state index in [1.165, 1.54) is 48.8 Å². The van der Waals surface area contributed by atoms with Crippen LogP contribution in [0.3, 0.4) is 0 Å². The molecule has 9 nitrogen and oxygen atoms in total. The number of benzene rings is 1. The summed E-state index contributed by atoms with van der Waals surface area (Å²) >= 11 is 0. The van der Waals surface area contributed by atoms with Gasteiger partial charge in [-0.25, -0.2) is 14.1 Å². The van der Waals surface area contributed by atoms with Gasteiger partial charge >= 0.3 is 0 Å². The van der Waals surface area contributed by atoms with E-state index < -0.39 is 0 Å². The van der Waals surface area contributed by atoms with Crippen molar-refractivity contribution < 1.29 is 9.13 Å². The van der Waals surface area contributed by atoms with Crippen molar-refractivity contribution in [3.05, 3.63) is 82.8 Å². The molecule has 0 bridgehead atoms. The van der Waals surface area contributed by atoms with Crippen LogP contribution in [-0.2, 0) is 6.54 Å². The molecule has 0 amide bonds. The van der Waals surface area contributed by atoms with Crippen molar-refractivity contribution >= 4 is 27.6 Å². The molecule has 1 N–H and O–H groups in total. The first-order valence-electron chi connectivity index (χ1n) is 13.7. The second-order valence-corrected chi connectivity index (χ2v) is 10.2. The van der Waals surface area contributed by atoms with E-state index in [0.29, 0.717) is 36.8 Å². The maximum atomic E-state index is 14.0. The number of hydrogen-bond acceptors (Lipinski definition) is 7. The molecule has 0 spiro atoms. The highest BCUT2D eigenvalue weighted by molar-refractivity contribution is 5.88. The van der Waals surface area contributed by atoms with Gasteiger partial charge in [-0.1, -0.05) is 0 Å². The third-order valence-corrected chi connectivity index (χ3v) is 7.34. The largest absolute Gasteiger partial charge is 0.492 e. The predicted octanol–water partition coefficient (Wildman–Crippen LogP) is 4.55. The van der Waals surface area contributed by atoms with Crippen LogP contribution in [0.1, 0.15) is 24.8 Å². The van der Waals surface area contributed by atoms with E-state index in [-0.39, 0.29) is 11.4 Å². The fourth-order valence-corrected chi connectivity index (χ4v) is 5.30. The summed E-state index contributed by atoms with van der Waals surface area (Å²) in [5, 5.41) is 8.86. The van der Waals surface area contributed by atoms with Gasteiger partial charge in [-0.15, -0.1) is 0 Å². The minimum Gasteiger partial charge on any atom is -0.492 e. The van der Waals surface area contributed by atoms with E-state index in [2.05, 4.69) is 25.3 Å². The predicted molar refractivity (Wildman–Crippen MR) is 154 cm³/mol. The average Bonchev–Trinajstić information content (AvgIpc) is 3.60. The number of aromatic nitrogens is 5. The zero-order valence-corrected chi connectivity index (χ0v) is 22.5. The number of pyridine rings is 2. The lowest BCUT2D eigenvalue weighted by molar-refractivity contribution is 0.263. The van der Waals surface area contributed by atoms with Crippen molar-refractivity contribution in [3.63, 3.8) is 0 Å². The Kier molecular flexibility index (Phi) is 7.41. The molecule has 6 rings (SSSR count). The van der Waals surface area contributed by atoms with Crippen LogP contribution in [0, 0.1) is 12.7 Å². The van der Waals surface area contributed by atoms with Crippen LogP contribution in [0.5, 0.6) is 5.75 Å². The highest BCUT2D eigenvalue weighted by atomic mass is 19.1. The van der Waals surface area contributed by atoms with Gasteiger partial charge in [-0.05, 0) is 75.2 Å². The molecular weight excluding hydrogens is 509 g/mol. The van der Waals surface area contributed by atoms with Crippen molar-refractivity contribution in [1.29, 1.82) is 0 Å². The van der Waals surface area contributed by atoms with E-state index in [1.807, 2.05) is 29.8 Å².